The van der Waals surface area contributed by atoms with Gasteiger partial charge in [0.25, 0.3) is 5.91 Å². The van der Waals surface area contributed by atoms with Gasteiger partial charge >= 0.3 is 5.69 Å². The molecule has 0 saturated heterocycles. The molecule has 0 fully saturated rings. The van der Waals surface area contributed by atoms with Crippen LogP contribution in [0.15, 0.2) is 51.9 Å². The highest BCUT2D eigenvalue weighted by molar-refractivity contribution is 5.93. The van der Waals surface area contributed by atoms with Crippen molar-refractivity contribution in [1.29, 1.82) is 0 Å². The van der Waals surface area contributed by atoms with Gasteiger partial charge < -0.3 is 25.7 Å². The smallest absolute Gasteiger partial charge is 0.348 e. The summed E-state index contributed by atoms with van der Waals surface area (Å²) in [7, 11) is 0. The lowest BCUT2D eigenvalue weighted by Crippen LogP contribution is -2.55. The van der Waals surface area contributed by atoms with Crippen molar-refractivity contribution in [2.24, 2.45) is 5.92 Å². The average molecular weight is 606 g/mol. The number of benzene rings is 1. The fraction of sp³-hybridized carbons (Fsp3) is 0.452. The molecule has 4 N–H and O–H groups in total. The molecule has 0 spiro atoms. The van der Waals surface area contributed by atoms with Crippen LogP contribution in [-0.2, 0) is 27.3 Å². The van der Waals surface area contributed by atoms with Gasteiger partial charge in [0, 0.05) is 24.4 Å². The Morgan fingerprint density at radius 1 is 1.05 bits per heavy atom. The molecule has 3 atom stereocenters. The molecule has 3 aromatic rings. The van der Waals surface area contributed by atoms with Gasteiger partial charge in [-0.05, 0) is 50.7 Å². The molecule has 4 amide bonds. The van der Waals surface area contributed by atoms with Gasteiger partial charge in [0.2, 0.25) is 23.6 Å². The summed E-state index contributed by atoms with van der Waals surface area (Å²) in [4.78, 5) is 73.8. The molecule has 0 aliphatic carbocycles. The van der Waals surface area contributed by atoms with Gasteiger partial charge in [-0.25, -0.2) is 9.78 Å². The SMILES string of the molecule is Cc1cc(C)n(CC(=O)N[C@H]2CCCCNC(=O)c3coc(n3)[C@H](C(C)C)NC(=O)[C@H](Cc3ccccc3)NC2=O)c(=O)n1. The van der Waals surface area contributed by atoms with Crippen molar-refractivity contribution in [3.8, 4) is 0 Å². The lowest BCUT2D eigenvalue weighted by atomic mass is 10.0. The van der Waals surface area contributed by atoms with Gasteiger partial charge in [-0.3, -0.25) is 23.7 Å². The molecule has 4 rings (SSSR count). The molecule has 13 heteroatoms. The maximum Gasteiger partial charge on any atom is 0.348 e. The van der Waals surface area contributed by atoms with Crippen LogP contribution in [0, 0.1) is 19.8 Å². The van der Waals surface area contributed by atoms with Crippen molar-refractivity contribution in [2.75, 3.05) is 6.54 Å². The van der Waals surface area contributed by atoms with Crippen LogP contribution in [0.1, 0.15) is 72.5 Å². The van der Waals surface area contributed by atoms with Crippen LogP contribution in [0.25, 0.3) is 0 Å². The van der Waals surface area contributed by atoms with E-state index in [1.54, 1.807) is 19.9 Å². The third-order valence-electron chi connectivity index (χ3n) is 7.41. The van der Waals surface area contributed by atoms with Gasteiger partial charge in [0.1, 0.15) is 30.9 Å². The number of oxazole rings is 1. The summed E-state index contributed by atoms with van der Waals surface area (Å²) in [5, 5.41) is 11.3. The lowest BCUT2D eigenvalue weighted by Gasteiger charge is -2.26. The second-order valence-electron chi connectivity index (χ2n) is 11.3. The summed E-state index contributed by atoms with van der Waals surface area (Å²) in [5.74, 6) is -1.97. The fourth-order valence-corrected chi connectivity index (χ4v) is 5.02. The maximum atomic E-state index is 13.7. The normalized spacial score (nSPS) is 20.0. The van der Waals surface area contributed by atoms with E-state index in [2.05, 4.69) is 31.2 Å². The standard InChI is InChI=1S/C31H39N7O6/c1-18(2)26-30-36-24(17-44-30)27(40)32-13-9-8-12-22(34-25(39)16-38-20(4)14-19(3)33-31(38)43)28(41)35-23(29(42)37-26)15-21-10-6-5-7-11-21/h5-7,10-11,14,17-18,22-23,26H,8-9,12-13,15-16H2,1-4H3,(H,32,40)(H,34,39)(H,35,41)(H,37,42)/t22-,23-,26-/m0/s1. The van der Waals surface area contributed by atoms with E-state index < -0.39 is 47.4 Å². The molecule has 3 heterocycles. The number of carbonyl (C=O) groups excluding carboxylic acids is 4. The number of nitrogens with zero attached hydrogens (tertiary/aromatic N) is 3. The highest BCUT2D eigenvalue weighted by Crippen LogP contribution is 2.22. The van der Waals surface area contributed by atoms with Gasteiger partial charge in [-0.15, -0.1) is 0 Å². The number of rotatable bonds is 6. The Bertz CT molecular complexity index is 1550. The summed E-state index contributed by atoms with van der Waals surface area (Å²) in [5.41, 5.74) is 1.46. The third-order valence-corrected chi connectivity index (χ3v) is 7.41. The van der Waals surface area contributed by atoms with Crippen LogP contribution in [0.3, 0.4) is 0 Å². The first-order valence-corrected chi connectivity index (χ1v) is 14.7. The predicted molar refractivity (Wildman–Crippen MR) is 160 cm³/mol. The van der Waals surface area contributed by atoms with Gasteiger partial charge in [0.15, 0.2) is 5.69 Å². The molecular formula is C31H39N7O6. The molecule has 1 aliphatic heterocycles. The van der Waals surface area contributed by atoms with Gasteiger partial charge in [0.05, 0.1) is 0 Å². The first-order chi connectivity index (χ1) is 21.0. The number of aryl methyl sites for hydroxylation is 2. The Hall–Kier alpha value is -4.81. The molecule has 0 saturated carbocycles. The zero-order chi connectivity index (χ0) is 31.8. The molecule has 1 aliphatic rings. The summed E-state index contributed by atoms with van der Waals surface area (Å²) in [6.45, 7) is 7.14. The van der Waals surface area contributed by atoms with E-state index in [-0.39, 0.29) is 36.9 Å². The van der Waals surface area contributed by atoms with Gasteiger partial charge in [-0.1, -0.05) is 44.2 Å². The van der Waals surface area contributed by atoms with Crippen molar-refractivity contribution < 1.29 is 23.6 Å². The Balaban J connectivity index is 1.61. The quantitative estimate of drug-likeness (QED) is 0.327. The van der Waals surface area contributed by atoms with E-state index in [0.29, 0.717) is 30.8 Å². The van der Waals surface area contributed by atoms with E-state index in [1.807, 2.05) is 44.2 Å². The third kappa shape index (κ3) is 8.39. The zero-order valence-electron chi connectivity index (χ0n) is 25.4. The molecule has 0 radical (unpaired) electrons. The summed E-state index contributed by atoms with van der Waals surface area (Å²) < 4.78 is 6.82. The Kier molecular flexibility index (Phi) is 10.6. The van der Waals surface area contributed by atoms with Crippen LogP contribution < -0.4 is 27.0 Å². The number of carbonyl (C=O) groups is 4. The Morgan fingerprint density at radius 2 is 1.80 bits per heavy atom. The predicted octanol–water partition coefficient (Wildman–Crippen LogP) is 1.49. The zero-order valence-corrected chi connectivity index (χ0v) is 25.4. The second kappa shape index (κ2) is 14.6. The number of fused-ring (bicyclic) bond motifs is 2. The second-order valence-corrected chi connectivity index (χ2v) is 11.3. The highest BCUT2D eigenvalue weighted by Gasteiger charge is 2.31. The summed E-state index contributed by atoms with van der Waals surface area (Å²) >= 11 is 0. The van der Waals surface area contributed by atoms with E-state index in [0.717, 1.165) is 5.56 Å². The van der Waals surface area contributed by atoms with Crippen LogP contribution in [0.5, 0.6) is 0 Å². The minimum absolute atomic E-state index is 0.0994. The summed E-state index contributed by atoms with van der Waals surface area (Å²) in [6.07, 6.45) is 2.66. The molecule has 0 unspecified atom stereocenters. The maximum absolute atomic E-state index is 13.7. The number of nitrogens with one attached hydrogen (secondary N) is 4. The Labute approximate surface area is 255 Å². The monoisotopic (exact) mass is 605 g/mol. The van der Waals surface area contributed by atoms with Crippen molar-refractivity contribution in [1.82, 2.24) is 35.8 Å². The molecule has 234 valence electrons. The lowest BCUT2D eigenvalue weighted by molar-refractivity contribution is -0.132. The highest BCUT2D eigenvalue weighted by atomic mass is 16.3. The van der Waals surface area contributed by atoms with E-state index in [1.165, 1.54) is 10.8 Å². The largest absolute Gasteiger partial charge is 0.446 e. The first kappa shape index (κ1) is 32.1. The molecule has 13 nitrogen and oxygen atoms in total. The first-order valence-electron chi connectivity index (χ1n) is 14.7. The van der Waals surface area contributed by atoms with Crippen LogP contribution in [0.4, 0.5) is 0 Å². The number of aromatic nitrogens is 3. The Morgan fingerprint density at radius 3 is 2.50 bits per heavy atom. The average Bonchev–Trinajstić information content (AvgIpc) is 3.46. The molecule has 44 heavy (non-hydrogen) atoms. The summed E-state index contributed by atoms with van der Waals surface area (Å²) in [6, 6.07) is 8.26. The number of hydrogen-bond donors (Lipinski definition) is 4. The molecular weight excluding hydrogens is 566 g/mol. The number of hydrogen-bond acceptors (Lipinski definition) is 8. The number of amides is 4. The van der Waals surface area contributed by atoms with Gasteiger partial charge in [-0.2, -0.15) is 4.98 Å². The molecule has 2 bridgehead atoms. The van der Waals surface area contributed by atoms with E-state index >= 15 is 0 Å². The minimum Gasteiger partial charge on any atom is -0.446 e. The van der Waals surface area contributed by atoms with E-state index in [4.69, 9.17) is 4.42 Å². The molecule has 1 aromatic carbocycles. The minimum atomic E-state index is -1.00. The van der Waals surface area contributed by atoms with Crippen LogP contribution in [-0.4, -0.2) is 56.8 Å². The molecule has 2 aromatic heterocycles. The van der Waals surface area contributed by atoms with Crippen molar-refractivity contribution in [2.45, 2.75) is 78.0 Å². The van der Waals surface area contributed by atoms with Crippen molar-refractivity contribution in [3.05, 3.63) is 81.7 Å². The van der Waals surface area contributed by atoms with Crippen LogP contribution in [0.2, 0.25) is 0 Å². The topological polar surface area (TPSA) is 177 Å². The van der Waals surface area contributed by atoms with Crippen molar-refractivity contribution >= 4 is 23.6 Å². The van der Waals surface area contributed by atoms with E-state index in [9.17, 15) is 24.0 Å². The fourth-order valence-electron chi connectivity index (χ4n) is 5.02. The van der Waals surface area contributed by atoms with Crippen LogP contribution >= 0.6 is 0 Å². The van der Waals surface area contributed by atoms with Crippen molar-refractivity contribution in [3.63, 3.8) is 0 Å².